The monoisotopic (exact) mass is 237 g/mol. The number of rotatable bonds is 3. The van der Waals surface area contributed by atoms with Crippen molar-refractivity contribution in [3.05, 3.63) is 42.2 Å². The van der Waals surface area contributed by atoms with Crippen LogP contribution in [0.4, 0.5) is 5.95 Å². The number of imidazole rings is 1. The van der Waals surface area contributed by atoms with Crippen molar-refractivity contribution >= 4 is 16.0 Å². The van der Waals surface area contributed by atoms with Crippen molar-refractivity contribution in [1.29, 1.82) is 0 Å². The normalized spacial score (nSPS) is 11.3. The molecule has 0 radical (unpaired) electrons. The Morgan fingerprint density at radius 1 is 1.31 bits per heavy atom. The molecule has 84 valence electrons. The van der Waals surface area contributed by atoms with Crippen LogP contribution in [0.25, 0.3) is 0 Å². The highest BCUT2D eigenvalue weighted by atomic mass is 32.2. The highest BCUT2D eigenvalue weighted by molar-refractivity contribution is 7.92. The largest absolute Gasteiger partial charge is 0.330 e. The van der Waals surface area contributed by atoms with Gasteiger partial charge in [-0.2, -0.15) is 0 Å². The molecule has 0 amide bonds. The standard InChI is InChI=1S/C10H11N3O2S/c1-8-4-2-3-5-9(8)16(14,15)13-10-11-6-7-12-10/h2-7H,1H3,(H2,11,12,13). The molecule has 0 bridgehead atoms. The predicted molar refractivity (Wildman–Crippen MR) is 60.6 cm³/mol. The first-order valence-corrected chi connectivity index (χ1v) is 6.16. The summed E-state index contributed by atoms with van der Waals surface area (Å²) in [5, 5.41) is 0. The van der Waals surface area contributed by atoms with Gasteiger partial charge >= 0.3 is 0 Å². The molecule has 1 heterocycles. The molecule has 0 aliphatic heterocycles. The molecule has 0 aliphatic rings. The maximum atomic E-state index is 11.9. The number of aromatic nitrogens is 2. The van der Waals surface area contributed by atoms with E-state index in [9.17, 15) is 8.42 Å². The highest BCUT2D eigenvalue weighted by Gasteiger charge is 2.16. The summed E-state index contributed by atoms with van der Waals surface area (Å²) in [6, 6.07) is 6.78. The molecule has 0 spiro atoms. The molecule has 0 aliphatic carbocycles. The third-order valence-corrected chi connectivity index (χ3v) is 3.61. The number of aromatic amines is 1. The zero-order valence-corrected chi connectivity index (χ0v) is 9.45. The number of nitrogens with zero attached hydrogens (tertiary/aromatic N) is 1. The molecular weight excluding hydrogens is 226 g/mol. The topological polar surface area (TPSA) is 74.8 Å². The summed E-state index contributed by atoms with van der Waals surface area (Å²) in [6.07, 6.45) is 3.03. The van der Waals surface area contributed by atoms with Crippen LogP contribution in [0.3, 0.4) is 0 Å². The van der Waals surface area contributed by atoms with Crippen molar-refractivity contribution in [3.63, 3.8) is 0 Å². The van der Waals surface area contributed by atoms with E-state index < -0.39 is 10.0 Å². The number of hydrogen-bond donors (Lipinski definition) is 2. The van der Waals surface area contributed by atoms with Crippen LogP contribution < -0.4 is 4.72 Å². The van der Waals surface area contributed by atoms with Gasteiger partial charge in [0.25, 0.3) is 10.0 Å². The van der Waals surface area contributed by atoms with E-state index in [-0.39, 0.29) is 10.8 Å². The van der Waals surface area contributed by atoms with Crippen LogP contribution in [0, 0.1) is 6.92 Å². The van der Waals surface area contributed by atoms with Crippen LogP contribution >= 0.6 is 0 Å². The molecule has 2 aromatic rings. The quantitative estimate of drug-likeness (QED) is 0.849. The molecule has 2 N–H and O–H groups in total. The minimum absolute atomic E-state index is 0.211. The van der Waals surface area contributed by atoms with Gasteiger partial charge in [0.15, 0.2) is 0 Å². The van der Waals surface area contributed by atoms with E-state index in [1.54, 1.807) is 37.4 Å². The first-order chi connectivity index (χ1) is 7.59. The number of nitrogens with one attached hydrogen (secondary N) is 2. The van der Waals surface area contributed by atoms with Crippen LogP contribution in [0.2, 0.25) is 0 Å². The van der Waals surface area contributed by atoms with Crippen LogP contribution in [0.15, 0.2) is 41.6 Å². The lowest BCUT2D eigenvalue weighted by Gasteiger charge is -2.07. The van der Waals surface area contributed by atoms with Crippen molar-refractivity contribution in [3.8, 4) is 0 Å². The summed E-state index contributed by atoms with van der Waals surface area (Å²) in [6.45, 7) is 1.75. The number of benzene rings is 1. The minimum atomic E-state index is -3.56. The third-order valence-electron chi connectivity index (χ3n) is 2.11. The van der Waals surface area contributed by atoms with E-state index in [2.05, 4.69) is 14.7 Å². The van der Waals surface area contributed by atoms with Crippen molar-refractivity contribution in [2.45, 2.75) is 11.8 Å². The molecule has 0 unspecified atom stereocenters. The van der Waals surface area contributed by atoms with E-state index in [4.69, 9.17) is 0 Å². The van der Waals surface area contributed by atoms with E-state index in [1.165, 1.54) is 6.20 Å². The van der Waals surface area contributed by atoms with E-state index in [0.29, 0.717) is 5.56 Å². The summed E-state index contributed by atoms with van der Waals surface area (Å²) < 4.78 is 26.3. The average Bonchev–Trinajstić information content (AvgIpc) is 2.70. The van der Waals surface area contributed by atoms with Crippen LogP contribution in [-0.2, 0) is 10.0 Å². The molecular formula is C10H11N3O2S. The number of anilines is 1. The Hall–Kier alpha value is -1.82. The maximum absolute atomic E-state index is 11.9. The van der Waals surface area contributed by atoms with Gasteiger partial charge in [-0.1, -0.05) is 18.2 Å². The molecule has 1 aromatic carbocycles. The summed E-state index contributed by atoms with van der Waals surface area (Å²) in [5.74, 6) is 0.211. The molecule has 6 heteroatoms. The molecule has 16 heavy (non-hydrogen) atoms. The van der Waals surface area contributed by atoms with E-state index >= 15 is 0 Å². The number of H-pyrrole nitrogens is 1. The molecule has 0 saturated heterocycles. The Labute approximate surface area is 93.6 Å². The Kier molecular flexibility index (Phi) is 2.66. The lowest BCUT2D eigenvalue weighted by molar-refractivity contribution is 0.600. The molecule has 0 fully saturated rings. The van der Waals surface area contributed by atoms with Gasteiger partial charge in [-0.3, -0.25) is 0 Å². The molecule has 0 atom stereocenters. The third kappa shape index (κ3) is 2.06. The Bertz CT molecular complexity index is 576. The first kappa shape index (κ1) is 10.7. The minimum Gasteiger partial charge on any atom is -0.330 e. The zero-order valence-electron chi connectivity index (χ0n) is 8.64. The van der Waals surface area contributed by atoms with Gasteiger partial charge in [0.05, 0.1) is 4.90 Å². The van der Waals surface area contributed by atoms with E-state index in [1.807, 2.05) is 0 Å². The summed E-state index contributed by atoms with van der Waals surface area (Å²) in [4.78, 5) is 6.75. The summed E-state index contributed by atoms with van der Waals surface area (Å²) >= 11 is 0. The second-order valence-electron chi connectivity index (χ2n) is 3.31. The summed E-state index contributed by atoms with van der Waals surface area (Å²) in [5.41, 5.74) is 0.696. The number of sulfonamides is 1. The second-order valence-corrected chi connectivity index (χ2v) is 4.96. The van der Waals surface area contributed by atoms with Crippen LogP contribution in [-0.4, -0.2) is 18.4 Å². The van der Waals surface area contributed by atoms with Gasteiger partial charge in [-0.15, -0.1) is 0 Å². The molecule has 1 aromatic heterocycles. The van der Waals surface area contributed by atoms with Crippen molar-refractivity contribution < 1.29 is 8.42 Å². The fourth-order valence-electron chi connectivity index (χ4n) is 1.36. The highest BCUT2D eigenvalue weighted by Crippen LogP contribution is 2.16. The van der Waals surface area contributed by atoms with E-state index in [0.717, 1.165) is 0 Å². The Morgan fingerprint density at radius 2 is 2.06 bits per heavy atom. The fourth-order valence-corrected chi connectivity index (χ4v) is 2.59. The SMILES string of the molecule is Cc1ccccc1S(=O)(=O)Nc1ncc[nH]1. The van der Waals surface area contributed by atoms with Crippen molar-refractivity contribution in [1.82, 2.24) is 9.97 Å². The smallest absolute Gasteiger partial charge is 0.264 e. The van der Waals surface area contributed by atoms with Gasteiger partial charge in [-0.25, -0.2) is 18.1 Å². The molecule has 2 rings (SSSR count). The number of aryl methyl sites for hydroxylation is 1. The average molecular weight is 237 g/mol. The Balaban J connectivity index is 2.37. The Morgan fingerprint density at radius 3 is 2.69 bits per heavy atom. The van der Waals surface area contributed by atoms with Crippen molar-refractivity contribution in [2.75, 3.05) is 4.72 Å². The molecule has 0 saturated carbocycles. The van der Waals surface area contributed by atoms with Gasteiger partial charge in [0.1, 0.15) is 0 Å². The number of hydrogen-bond acceptors (Lipinski definition) is 3. The first-order valence-electron chi connectivity index (χ1n) is 4.67. The predicted octanol–water partition coefficient (Wildman–Crippen LogP) is 1.52. The van der Waals surface area contributed by atoms with Gasteiger partial charge < -0.3 is 4.98 Å². The second kappa shape index (κ2) is 3.97. The fraction of sp³-hybridized carbons (Fsp3) is 0.100. The van der Waals surface area contributed by atoms with Gasteiger partial charge in [0.2, 0.25) is 5.95 Å². The summed E-state index contributed by atoms with van der Waals surface area (Å²) in [7, 11) is -3.56. The van der Waals surface area contributed by atoms with Crippen molar-refractivity contribution in [2.24, 2.45) is 0 Å². The molecule has 5 nitrogen and oxygen atoms in total. The lowest BCUT2D eigenvalue weighted by atomic mass is 10.2. The van der Waals surface area contributed by atoms with Gasteiger partial charge in [-0.05, 0) is 18.6 Å². The van der Waals surface area contributed by atoms with Gasteiger partial charge in [0, 0.05) is 12.4 Å². The maximum Gasteiger partial charge on any atom is 0.264 e. The van der Waals surface area contributed by atoms with Crippen LogP contribution in [0.1, 0.15) is 5.56 Å². The zero-order chi connectivity index (χ0) is 11.6. The lowest BCUT2D eigenvalue weighted by Crippen LogP contribution is -2.14. The van der Waals surface area contributed by atoms with Crippen LogP contribution in [0.5, 0.6) is 0 Å².